The van der Waals surface area contributed by atoms with E-state index in [1.807, 2.05) is 0 Å². The first-order valence-electron chi connectivity index (χ1n) is 17.7. The highest BCUT2D eigenvalue weighted by molar-refractivity contribution is 7.47. The Kier molecular flexibility index (Phi) is 14.4. The van der Waals surface area contributed by atoms with Crippen molar-refractivity contribution in [1.29, 1.82) is 0 Å². The zero-order valence-electron chi connectivity index (χ0n) is 30.8. The van der Waals surface area contributed by atoms with Crippen molar-refractivity contribution in [1.82, 2.24) is 34.4 Å². The Morgan fingerprint density at radius 3 is 2.59 bits per heavy atom. The lowest BCUT2D eigenvalue weighted by molar-refractivity contribution is -0.157. The van der Waals surface area contributed by atoms with Gasteiger partial charge < -0.3 is 40.6 Å². The molecule has 0 bridgehead atoms. The largest absolute Gasteiger partial charge is 0.694 e. The van der Waals surface area contributed by atoms with Crippen LogP contribution in [0.25, 0.3) is 11.2 Å². The first-order chi connectivity index (χ1) is 28.2. The number of phosphoric ester groups is 1. The van der Waals surface area contributed by atoms with Gasteiger partial charge in [0.1, 0.15) is 73.5 Å². The molecule has 4 aromatic rings. The molecule has 316 valence electrons. The number of benzene rings is 1. The fourth-order valence-electron chi connectivity index (χ4n) is 6.15. The van der Waals surface area contributed by atoms with Crippen LogP contribution in [0.5, 0.6) is 5.75 Å². The average Bonchev–Trinajstić information content (AvgIpc) is 3.91. The summed E-state index contributed by atoms with van der Waals surface area (Å²) in [5.41, 5.74) is 11.3. The second-order valence-corrected chi connectivity index (χ2v) is 15.6. The van der Waals surface area contributed by atoms with Gasteiger partial charge in [0.15, 0.2) is 17.5 Å². The number of esters is 1. The summed E-state index contributed by atoms with van der Waals surface area (Å²) in [6.45, 7) is 1.97. The summed E-state index contributed by atoms with van der Waals surface area (Å²) in [5, 5.41) is 2.98. The lowest BCUT2D eigenvalue weighted by Gasteiger charge is -2.24. The van der Waals surface area contributed by atoms with E-state index in [9.17, 15) is 33.3 Å². The molecule has 0 spiro atoms. The number of amides is 1. The minimum atomic E-state index is -5.07. The second kappa shape index (κ2) is 19.4. The van der Waals surface area contributed by atoms with Crippen molar-refractivity contribution in [2.75, 3.05) is 31.3 Å². The number of nitrogens with zero attached hydrogens (tertiary/aromatic N) is 6. The molecule has 1 aromatic carbocycles. The Morgan fingerprint density at radius 2 is 1.86 bits per heavy atom. The SMILES string of the molecule is C=CCCC(=O)N[C@@H](COc1cccc(Cl)c1)C(=O)OC1C[C@H](n2cnc3c(N)ncnc32)O[C@@H]1COP(=O)(O)O[C@H]1C[C@H](n2ccc(N)nc2=O)O[C@@H]1CO[P+](=O)O. The Balaban J connectivity index is 1.20. The third kappa shape index (κ3) is 11.4. The predicted molar refractivity (Wildman–Crippen MR) is 204 cm³/mol. The van der Waals surface area contributed by atoms with Crippen molar-refractivity contribution >= 4 is 62.4 Å². The van der Waals surface area contributed by atoms with E-state index in [0.29, 0.717) is 17.2 Å². The van der Waals surface area contributed by atoms with Crippen LogP contribution in [-0.2, 0) is 46.5 Å². The first kappa shape index (κ1) is 43.6. The summed E-state index contributed by atoms with van der Waals surface area (Å²) in [5.74, 6) is -1.08. The summed E-state index contributed by atoms with van der Waals surface area (Å²) in [6.07, 6.45) is -1.57. The van der Waals surface area contributed by atoms with Crippen LogP contribution in [-0.4, -0.2) is 101 Å². The van der Waals surface area contributed by atoms with Gasteiger partial charge in [0.05, 0.1) is 12.9 Å². The number of anilines is 2. The lowest BCUT2D eigenvalue weighted by atomic mass is 10.1. The smallest absolute Gasteiger partial charge is 0.491 e. The molecular weight excluding hydrogens is 844 g/mol. The van der Waals surface area contributed by atoms with Crippen molar-refractivity contribution in [3.8, 4) is 5.75 Å². The first-order valence-corrected chi connectivity index (χ1v) is 20.7. The Bertz CT molecular complexity index is 2280. The van der Waals surface area contributed by atoms with Crippen molar-refractivity contribution in [2.24, 2.45) is 0 Å². The number of nitrogen functional groups attached to an aromatic ring is 2. The maximum atomic E-state index is 13.8. The fourth-order valence-corrected chi connectivity index (χ4v) is 7.56. The van der Waals surface area contributed by atoms with E-state index in [4.69, 9.17) is 55.6 Å². The van der Waals surface area contributed by atoms with Gasteiger partial charge in [-0.25, -0.2) is 29.1 Å². The molecule has 0 radical (unpaired) electrons. The molecule has 7 N–H and O–H groups in total. The number of nitrogens with one attached hydrogen (secondary N) is 1. The van der Waals surface area contributed by atoms with Gasteiger partial charge in [-0.05, 0) is 30.7 Å². The number of nitrogens with two attached hydrogens (primary N) is 2. The molecule has 2 fully saturated rings. The number of imidazole rings is 1. The summed E-state index contributed by atoms with van der Waals surface area (Å²) in [6, 6.07) is 6.38. The summed E-state index contributed by atoms with van der Waals surface area (Å²) in [4.78, 5) is 75.3. The van der Waals surface area contributed by atoms with Crippen LogP contribution in [0.3, 0.4) is 0 Å². The third-order valence-electron chi connectivity index (χ3n) is 8.92. The van der Waals surface area contributed by atoms with Crippen LogP contribution in [0.15, 0.2) is 66.6 Å². The molecule has 59 heavy (non-hydrogen) atoms. The molecular formula is C33H39ClN9O14P2+. The number of rotatable bonds is 19. The number of allylic oxidation sites excluding steroid dienone is 1. The number of hydrogen-bond acceptors (Lipinski definition) is 18. The molecule has 0 aliphatic carbocycles. The van der Waals surface area contributed by atoms with Crippen LogP contribution in [0.1, 0.15) is 38.1 Å². The highest BCUT2D eigenvalue weighted by atomic mass is 35.5. The Labute approximate surface area is 340 Å². The van der Waals surface area contributed by atoms with E-state index in [1.54, 1.807) is 24.3 Å². The lowest BCUT2D eigenvalue weighted by Crippen LogP contribution is -2.47. The molecule has 5 heterocycles. The third-order valence-corrected chi connectivity index (χ3v) is 10.5. The van der Waals surface area contributed by atoms with E-state index in [-0.39, 0.29) is 48.7 Å². The van der Waals surface area contributed by atoms with E-state index in [1.165, 1.54) is 35.6 Å². The molecule has 26 heteroatoms. The Morgan fingerprint density at radius 1 is 1.12 bits per heavy atom. The van der Waals surface area contributed by atoms with Crippen LogP contribution < -0.4 is 27.2 Å². The highest BCUT2D eigenvalue weighted by Crippen LogP contribution is 2.49. The van der Waals surface area contributed by atoms with Gasteiger partial charge in [-0.1, -0.05) is 23.7 Å². The van der Waals surface area contributed by atoms with E-state index < -0.39 is 89.8 Å². The number of phosphoric acid groups is 1. The maximum Gasteiger partial charge on any atom is 0.694 e. The van der Waals surface area contributed by atoms with Gasteiger partial charge in [0.2, 0.25) is 5.91 Å². The molecule has 0 saturated carbocycles. The molecule has 1 amide bonds. The van der Waals surface area contributed by atoms with Crippen molar-refractivity contribution < 1.29 is 61.0 Å². The van der Waals surface area contributed by atoms with Crippen molar-refractivity contribution in [3.05, 3.63) is 77.3 Å². The molecule has 3 aromatic heterocycles. The topological polar surface area (TPSA) is 316 Å². The van der Waals surface area contributed by atoms with Gasteiger partial charge in [0.25, 0.3) is 0 Å². The van der Waals surface area contributed by atoms with Gasteiger partial charge in [-0.2, -0.15) is 4.98 Å². The zero-order valence-corrected chi connectivity index (χ0v) is 33.3. The standard InChI is InChI=1S/C33H38ClN9O14P2/c1-2-3-7-26(44)40-20(13-51-19-6-4-5-18(34)10-19)32(45)56-21-11-28(43-17-39-29-30(36)37-16-38-31(29)43)55-24(21)15-53-59(49,50)57-22-12-27(54-23(22)14-52-58(47)48)42-9-8-25(35)41-33(42)46/h2,4-6,8-10,16-17,20-24,27-28H,1,3,7,11-15H2,(H6-,35,36,37,38,40,41,44,46,47,48,49,50)/p+1/t20-,21?,22-,23+,24+,27+,28+/m0/s1. The normalized spacial score (nSPS) is 23.3. The number of fused-ring (bicyclic) bond motifs is 1. The summed E-state index contributed by atoms with van der Waals surface area (Å²) in [7, 11) is -8.17. The number of halogens is 1. The maximum absolute atomic E-state index is 13.8. The quantitative estimate of drug-likeness (QED) is 0.0511. The average molecular weight is 883 g/mol. The molecule has 6 rings (SSSR count). The molecule has 2 aliphatic rings. The van der Waals surface area contributed by atoms with Crippen LogP contribution in [0.4, 0.5) is 11.6 Å². The van der Waals surface area contributed by atoms with Crippen molar-refractivity contribution in [3.63, 3.8) is 0 Å². The molecule has 23 nitrogen and oxygen atoms in total. The van der Waals surface area contributed by atoms with Gasteiger partial charge in [0, 0.05) is 35.0 Å². The second-order valence-electron chi connectivity index (χ2n) is 13.0. The van der Waals surface area contributed by atoms with Crippen molar-refractivity contribution in [2.45, 2.75) is 68.6 Å². The van der Waals surface area contributed by atoms with E-state index >= 15 is 0 Å². The fraction of sp³-hybridized carbons (Fsp3) is 0.424. The van der Waals surface area contributed by atoms with Crippen LogP contribution in [0, 0.1) is 0 Å². The van der Waals surface area contributed by atoms with Crippen LogP contribution in [0.2, 0.25) is 5.02 Å². The molecule has 9 atom stereocenters. The predicted octanol–water partition coefficient (Wildman–Crippen LogP) is 2.09. The van der Waals surface area contributed by atoms with E-state index in [2.05, 4.69) is 31.8 Å². The molecule has 2 aliphatic heterocycles. The molecule has 2 saturated heterocycles. The zero-order chi connectivity index (χ0) is 42.3. The van der Waals surface area contributed by atoms with Gasteiger partial charge in [-0.3, -0.25) is 23.0 Å². The Hall–Kier alpha value is -4.93. The van der Waals surface area contributed by atoms with Gasteiger partial charge >= 0.3 is 27.7 Å². The minimum Gasteiger partial charge on any atom is -0.491 e. The summed E-state index contributed by atoms with van der Waals surface area (Å²) >= 11 is 6.08. The summed E-state index contributed by atoms with van der Waals surface area (Å²) < 4.78 is 66.6. The number of ether oxygens (including phenoxy) is 4. The monoisotopic (exact) mass is 882 g/mol. The number of aromatic nitrogens is 6. The van der Waals surface area contributed by atoms with Gasteiger partial charge in [-0.15, -0.1) is 16.0 Å². The number of hydrogen-bond donors (Lipinski definition) is 5. The number of carbonyl (C=O) groups excluding carboxylic acids is 2. The molecule has 3 unspecified atom stereocenters. The minimum absolute atomic E-state index is 0.0196. The van der Waals surface area contributed by atoms with Crippen LogP contribution >= 0.6 is 27.7 Å². The number of carbonyl (C=O) groups is 2. The van der Waals surface area contributed by atoms with E-state index in [0.717, 1.165) is 4.57 Å². The highest BCUT2D eigenvalue weighted by Gasteiger charge is 2.46.